The van der Waals surface area contributed by atoms with E-state index in [0.717, 1.165) is 38.6 Å². The molecule has 2 fully saturated rings. The lowest BCUT2D eigenvalue weighted by atomic mass is 9.79. The summed E-state index contributed by atoms with van der Waals surface area (Å²) in [5.41, 5.74) is 0.609. The van der Waals surface area contributed by atoms with Gasteiger partial charge in [-0.2, -0.15) is 13.2 Å². The quantitative estimate of drug-likeness (QED) is 0.553. The first kappa shape index (κ1) is 19.9. The van der Waals surface area contributed by atoms with E-state index in [2.05, 4.69) is 11.2 Å². The minimum absolute atomic E-state index is 0.0862. The predicted octanol–water partition coefficient (Wildman–Crippen LogP) is 4.96. The van der Waals surface area contributed by atoms with Crippen LogP contribution in [0.1, 0.15) is 30.4 Å². The summed E-state index contributed by atoms with van der Waals surface area (Å²) < 4.78 is 39.5. The van der Waals surface area contributed by atoms with Crippen LogP contribution in [0.5, 0.6) is 0 Å². The summed E-state index contributed by atoms with van der Waals surface area (Å²) in [4.78, 5) is 13.9. The summed E-state index contributed by atoms with van der Waals surface area (Å²) in [7, 11) is 1.59. The van der Waals surface area contributed by atoms with E-state index in [1.54, 1.807) is 36.6 Å². The zero-order valence-corrected chi connectivity index (χ0v) is 17.4. The fraction of sp³-hybridized carbons (Fsp3) is 0.304. The summed E-state index contributed by atoms with van der Waals surface area (Å²) >= 11 is 1.57. The molecule has 1 aromatic heterocycles. The summed E-state index contributed by atoms with van der Waals surface area (Å²) in [6, 6.07) is 11.1. The van der Waals surface area contributed by atoms with E-state index in [0.29, 0.717) is 5.56 Å². The lowest BCUT2D eigenvalue weighted by Gasteiger charge is -2.42. The minimum atomic E-state index is -4.54. The molecule has 0 bridgehead atoms. The number of hydrogen-bond donors (Lipinski definition) is 2. The first-order valence-electron chi connectivity index (χ1n) is 9.86. The SMILES string of the molecule is CN1C(=N)N[C@@](c2ccc3sc4ccc(C#CC(F)(F)F)cc4c3c2)(C2CC2)CC1=O. The number of carbonyl (C=O) groups is 1. The van der Waals surface area contributed by atoms with Crippen LogP contribution in [0.15, 0.2) is 36.4 Å². The third-order valence-corrected chi connectivity index (χ3v) is 7.24. The van der Waals surface area contributed by atoms with Crippen LogP contribution < -0.4 is 5.32 Å². The van der Waals surface area contributed by atoms with E-state index in [4.69, 9.17) is 5.41 Å². The summed E-state index contributed by atoms with van der Waals surface area (Å²) in [6.07, 6.45) is -2.30. The number of guanidine groups is 1. The maximum atomic E-state index is 12.6. The summed E-state index contributed by atoms with van der Waals surface area (Å²) in [5.74, 6) is 3.78. The number of carbonyl (C=O) groups excluding carboxylic acids is 1. The van der Waals surface area contributed by atoms with Gasteiger partial charge in [0.15, 0.2) is 5.96 Å². The third kappa shape index (κ3) is 3.43. The van der Waals surface area contributed by atoms with Crippen molar-refractivity contribution in [3.63, 3.8) is 0 Å². The van der Waals surface area contributed by atoms with Crippen molar-refractivity contribution < 1.29 is 18.0 Å². The Labute approximate surface area is 180 Å². The Morgan fingerprint density at radius 2 is 1.84 bits per heavy atom. The molecule has 4 nitrogen and oxygen atoms in total. The predicted molar refractivity (Wildman–Crippen MR) is 115 cm³/mol. The number of amides is 1. The zero-order chi connectivity index (χ0) is 22.0. The van der Waals surface area contributed by atoms with Gasteiger partial charge in [-0.15, -0.1) is 11.3 Å². The number of halogens is 3. The fourth-order valence-electron chi connectivity index (χ4n) is 4.33. The van der Waals surface area contributed by atoms with E-state index in [1.807, 2.05) is 18.2 Å². The molecule has 2 aromatic carbocycles. The maximum absolute atomic E-state index is 12.6. The molecule has 1 saturated carbocycles. The molecule has 1 aliphatic heterocycles. The van der Waals surface area contributed by atoms with Gasteiger partial charge in [0, 0.05) is 38.7 Å². The highest BCUT2D eigenvalue weighted by Crippen LogP contribution is 2.50. The van der Waals surface area contributed by atoms with Crippen LogP contribution in [0, 0.1) is 23.2 Å². The van der Waals surface area contributed by atoms with Gasteiger partial charge in [0.2, 0.25) is 5.91 Å². The topological polar surface area (TPSA) is 56.2 Å². The molecule has 0 unspecified atom stereocenters. The summed E-state index contributed by atoms with van der Waals surface area (Å²) in [5, 5.41) is 13.3. The van der Waals surface area contributed by atoms with Crippen molar-refractivity contribution in [1.82, 2.24) is 10.2 Å². The highest BCUT2D eigenvalue weighted by atomic mass is 32.1. The zero-order valence-electron chi connectivity index (χ0n) is 16.6. The van der Waals surface area contributed by atoms with Gasteiger partial charge in [-0.3, -0.25) is 15.1 Å². The van der Waals surface area contributed by atoms with Crippen molar-refractivity contribution in [3.05, 3.63) is 47.5 Å². The fourth-order valence-corrected chi connectivity index (χ4v) is 5.40. The molecule has 2 N–H and O–H groups in total. The number of hydrogen-bond acceptors (Lipinski definition) is 3. The van der Waals surface area contributed by atoms with Crippen LogP contribution in [0.25, 0.3) is 20.2 Å². The van der Waals surface area contributed by atoms with E-state index >= 15 is 0 Å². The van der Waals surface area contributed by atoms with Crippen molar-refractivity contribution in [2.75, 3.05) is 7.05 Å². The second-order valence-electron chi connectivity index (χ2n) is 8.12. The normalized spacial score (nSPS) is 21.9. The van der Waals surface area contributed by atoms with Crippen molar-refractivity contribution in [2.45, 2.75) is 31.0 Å². The molecule has 1 amide bonds. The lowest BCUT2D eigenvalue weighted by Crippen LogP contribution is -2.60. The average Bonchev–Trinajstić information content (AvgIpc) is 3.51. The third-order valence-electron chi connectivity index (χ3n) is 6.09. The molecule has 8 heteroatoms. The molecule has 0 radical (unpaired) electrons. The van der Waals surface area contributed by atoms with Crippen molar-refractivity contribution in [3.8, 4) is 11.8 Å². The van der Waals surface area contributed by atoms with Crippen LogP contribution in [-0.2, 0) is 10.3 Å². The van der Waals surface area contributed by atoms with Gasteiger partial charge in [0.25, 0.3) is 0 Å². The Morgan fingerprint density at radius 1 is 1.16 bits per heavy atom. The van der Waals surface area contributed by atoms with E-state index in [9.17, 15) is 18.0 Å². The largest absolute Gasteiger partial charge is 0.458 e. The van der Waals surface area contributed by atoms with Crippen LogP contribution in [0.3, 0.4) is 0 Å². The smallest absolute Gasteiger partial charge is 0.346 e. The second-order valence-corrected chi connectivity index (χ2v) is 9.20. The van der Waals surface area contributed by atoms with Gasteiger partial charge in [-0.25, -0.2) is 0 Å². The molecule has 2 aliphatic rings. The number of thiophene rings is 1. The average molecular weight is 441 g/mol. The van der Waals surface area contributed by atoms with Crippen LogP contribution in [-0.4, -0.2) is 30.0 Å². The first-order valence-corrected chi connectivity index (χ1v) is 10.7. The number of fused-ring (bicyclic) bond motifs is 3. The van der Waals surface area contributed by atoms with Gasteiger partial charge < -0.3 is 5.32 Å². The first-order chi connectivity index (χ1) is 14.7. The molecule has 1 atom stereocenters. The highest BCUT2D eigenvalue weighted by molar-refractivity contribution is 7.25. The molecular formula is C23H18F3N3OS. The van der Waals surface area contributed by atoms with E-state index in [1.165, 1.54) is 10.8 Å². The second kappa shape index (κ2) is 6.72. The molecule has 2 heterocycles. The van der Waals surface area contributed by atoms with Crippen molar-refractivity contribution in [1.29, 1.82) is 5.41 Å². The molecular weight excluding hydrogens is 423 g/mol. The van der Waals surface area contributed by atoms with Crippen molar-refractivity contribution in [2.24, 2.45) is 5.92 Å². The monoisotopic (exact) mass is 441 g/mol. The van der Waals surface area contributed by atoms with Gasteiger partial charge in [-0.1, -0.05) is 12.0 Å². The van der Waals surface area contributed by atoms with Gasteiger partial charge >= 0.3 is 6.18 Å². The Morgan fingerprint density at radius 3 is 2.48 bits per heavy atom. The molecule has 31 heavy (non-hydrogen) atoms. The number of benzene rings is 2. The minimum Gasteiger partial charge on any atom is -0.346 e. The van der Waals surface area contributed by atoms with Gasteiger partial charge in [0.05, 0.1) is 12.0 Å². The molecule has 158 valence electrons. The van der Waals surface area contributed by atoms with Crippen LogP contribution >= 0.6 is 11.3 Å². The van der Waals surface area contributed by atoms with Crippen molar-refractivity contribution >= 4 is 43.4 Å². The van der Waals surface area contributed by atoms with Gasteiger partial charge in [-0.05, 0) is 54.7 Å². The number of nitrogens with zero attached hydrogens (tertiary/aromatic N) is 1. The van der Waals surface area contributed by atoms with Crippen LogP contribution in [0.2, 0.25) is 0 Å². The Balaban J connectivity index is 1.64. The van der Waals surface area contributed by atoms with E-state index < -0.39 is 11.7 Å². The lowest BCUT2D eigenvalue weighted by molar-refractivity contribution is -0.130. The van der Waals surface area contributed by atoms with E-state index in [-0.39, 0.29) is 24.2 Å². The molecule has 1 saturated heterocycles. The number of alkyl halides is 3. The van der Waals surface area contributed by atoms with Crippen LogP contribution in [0.4, 0.5) is 13.2 Å². The highest BCUT2D eigenvalue weighted by Gasteiger charge is 2.51. The molecule has 3 aromatic rings. The summed E-state index contributed by atoms with van der Waals surface area (Å²) in [6.45, 7) is 0. The Hall–Kier alpha value is -3.05. The molecule has 1 aliphatic carbocycles. The number of rotatable bonds is 2. The van der Waals surface area contributed by atoms with Gasteiger partial charge in [0.1, 0.15) is 0 Å². The Bertz CT molecular complexity index is 1290. The number of nitrogens with one attached hydrogen (secondary N) is 2. The standard InChI is InChI=1S/C23H18F3N3OS/c1-29-20(30)12-22(14-3-4-14,28-21(29)27)15-5-7-19-17(11-15)16-10-13(2-6-18(16)31-19)8-9-23(24,25)26/h2,5-7,10-11,14H,3-4,12H2,1H3,(H2,27,28)/t22-/m1/s1. The molecule has 5 rings (SSSR count). The molecule has 0 spiro atoms. The Kier molecular flexibility index (Phi) is 4.31. The maximum Gasteiger partial charge on any atom is 0.458 e.